The molecule has 0 aliphatic carbocycles. The van der Waals surface area contributed by atoms with E-state index in [0.717, 1.165) is 11.3 Å². The molecule has 1 aromatic heterocycles. The molecule has 0 bridgehead atoms. The molecule has 0 radical (unpaired) electrons. The predicted octanol–water partition coefficient (Wildman–Crippen LogP) is 4.37. The molecule has 1 heterocycles. The molecule has 136 valence electrons. The molecule has 0 amide bonds. The van der Waals surface area contributed by atoms with Crippen LogP contribution in [0.4, 0.5) is 5.13 Å². The Morgan fingerprint density at radius 1 is 1.04 bits per heavy atom. The Morgan fingerprint density at radius 2 is 1.77 bits per heavy atom. The van der Waals surface area contributed by atoms with Gasteiger partial charge in [-0.3, -0.25) is 4.72 Å². The monoisotopic (exact) mass is 429 g/mol. The molecule has 0 saturated carbocycles. The van der Waals surface area contributed by atoms with E-state index in [1.54, 1.807) is 48.5 Å². The molecule has 0 fully saturated rings. The number of ether oxygens (including phenoxy) is 1. The molecule has 3 aromatic rings. The molecule has 26 heavy (non-hydrogen) atoms. The summed E-state index contributed by atoms with van der Waals surface area (Å²) in [7, 11) is -3.65. The maximum Gasteiger partial charge on any atom is 0.238 e. The van der Waals surface area contributed by atoms with Crippen LogP contribution in [0.5, 0.6) is 5.75 Å². The smallest absolute Gasteiger partial charge is 0.238 e. The zero-order valence-electron chi connectivity index (χ0n) is 13.2. The molecule has 0 unspecified atom stereocenters. The molecule has 0 aliphatic rings. The van der Waals surface area contributed by atoms with Gasteiger partial charge < -0.3 is 4.74 Å². The van der Waals surface area contributed by atoms with Crippen LogP contribution in [0, 0.1) is 0 Å². The molecule has 6 nitrogen and oxygen atoms in total. The highest BCUT2D eigenvalue weighted by Gasteiger charge is 2.16. The van der Waals surface area contributed by atoms with E-state index >= 15 is 0 Å². The molecule has 10 heteroatoms. The lowest BCUT2D eigenvalue weighted by Gasteiger charge is -2.06. The lowest BCUT2D eigenvalue weighted by Crippen LogP contribution is -2.15. The molecule has 0 aliphatic heterocycles. The van der Waals surface area contributed by atoms with Crippen molar-refractivity contribution in [3.05, 3.63) is 69.1 Å². The van der Waals surface area contributed by atoms with Gasteiger partial charge in [0.2, 0.25) is 15.2 Å². The van der Waals surface area contributed by atoms with E-state index in [9.17, 15) is 8.42 Å². The summed E-state index contributed by atoms with van der Waals surface area (Å²) in [5.41, 5.74) is 0.512. The lowest BCUT2D eigenvalue weighted by atomic mass is 10.2. The van der Waals surface area contributed by atoms with Crippen molar-refractivity contribution in [3.8, 4) is 5.75 Å². The summed E-state index contributed by atoms with van der Waals surface area (Å²) in [6.07, 6.45) is 0. The lowest BCUT2D eigenvalue weighted by molar-refractivity contribution is 0.304. The molecule has 3 rings (SSSR count). The van der Waals surface area contributed by atoms with Crippen molar-refractivity contribution in [1.82, 2.24) is 10.2 Å². The largest absolute Gasteiger partial charge is 0.486 e. The number of hydrogen-bond donors (Lipinski definition) is 1. The van der Waals surface area contributed by atoms with Crippen LogP contribution in [0.15, 0.2) is 48.5 Å². The average Bonchev–Trinajstić information content (AvgIpc) is 3.03. The summed E-state index contributed by atoms with van der Waals surface area (Å²) in [5, 5.41) is 9.48. The van der Waals surface area contributed by atoms with Crippen LogP contribution in [0.3, 0.4) is 0 Å². The maximum atomic E-state index is 12.3. The van der Waals surface area contributed by atoms with E-state index in [2.05, 4.69) is 14.9 Å². The number of nitrogens with one attached hydrogen (secondary N) is 1. The molecular weight excluding hydrogens is 417 g/mol. The van der Waals surface area contributed by atoms with Crippen LogP contribution in [-0.2, 0) is 22.4 Å². The third-order valence-electron chi connectivity index (χ3n) is 3.19. The van der Waals surface area contributed by atoms with Gasteiger partial charge in [-0.25, -0.2) is 8.42 Å². The van der Waals surface area contributed by atoms with Gasteiger partial charge in [0.1, 0.15) is 12.4 Å². The summed E-state index contributed by atoms with van der Waals surface area (Å²) >= 11 is 12.9. The van der Waals surface area contributed by atoms with Gasteiger partial charge in [-0.05, 0) is 35.9 Å². The number of anilines is 1. The highest BCUT2D eigenvalue weighted by molar-refractivity contribution is 7.92. The highest BCUT2D eigenvalue weighted by atomic mass is 35.5. The Labute approximate surface area is 164 Å². The van der Waals surface area contributed by atoms with Crippen LogP contribution >= 0.6 is 34.5 Å². The first kappa shape index (κ1) is 18.9. The second-order valence-corrected chi connectivity index (χ2v) is 8.82. The molecule has 0 spiro atoms. The minimum absolute atomic E-state index is 0.172. The van der Waals surface area contributed by atoms with Gasteiger partial charge in [-0.1, -0.05) is 52.7 Å². The molecule has 0 saturated heterocycles. The minimum atomic E-state index is -3.65. The quantitative estimate of drug-likeness (QED) is 0.602. The van der Waals surface area contributed by atoms with E-state index < -0.39 is 10.0 Å². The Hall–Kier alpha value is -1.87. The second kappa shape index (κ2) is 8.22. The number of rotatable bonds is 7. The van der Waals surface area contributed by atoms with Crippen molar-refractivity contribution in [2.75, 3.05) is 4.72 Å². The topological polar surface area (TPSA) is 81.2 Å². The summed E-state index contributed by atoms with van der Waals surface area (Å²) in [6, 6.07) is 13.7. The third kappa shape index (κ3) is 5.31. The summed E-state index contributed by atoms with van der Waals surface area (Å²) < 4.78 is 32.5. The van der Waals surface area contributed by atoms with Gasteiger partial charge in [-0.15, -0.1) is 10.2 Å². The van der Waals surface area contributed by atoms with Crippen LogP contribution < -0.4 is 9.46 Å². The Kier molecular flexibility index (Phi) is 5.98. The SMILES string of the molecule is O=S(=O)(Cc1ccccc1Cl)Nc1nnc(COc2ccc(Cl)cc2)s1. The highest BCUT2D eigenvalue weighted by Crippen LogP contribution is 2.22. The van der Waals surface area contributed by atoms with Crippen molar-refractivity contribution >= 4 is 49.7 Å². The Balaban J connectivity index is 1.60. The molecule has 1 N–H and O–H groups in total. The van der Waals surface area contributed by atoms with E-state index in [0.29, 0.717) is 26.4 Å². The summed E-state index contributed by atoms with van der Waals surface area (Å²) in [6.45, 7) is 0.172. The number of benzene rings is 2. The Bertz CT molecular complexity index is 992. The summed E-state index contributed by atoms with van der Waals surface area (Å²) in [5.74, 6) is 0.383. The minimum Gasteiger partial charge on any atom is -0.486 e. The Morgan fingerprint density at radius 3 is 2.50 bits per heavy atom. The zero-order valence-corrected chi connectivity index (χ0v) is 16.4. The number of hydrogen-bond acceptors (Lipinski definition) is 6. The number of sulfonamides is 1. The first-order chi connectivity index (χ1) is 12.4. The first-order valence-corrected chi connectivity index (χ1v) is 10.6. The van der Waals surface area contributed by atoms with Crippen molar-refractivity contribution in [3.63, 3.8) is 0 Å². The van der Waals surface area contributed by atoms with Crippen molar-refractivity contribution in [2.24, 2.45) is 0 Å². The fourth-order valence-electron chi connectivity index (χ4n) is 2.02. The van der Waals surface area contributed by atoms with E-state index in [-0.39, 0.29) is 17.5 Å². The normalized spacial score (nSPS) is 11.3. The fourth-order valence-corrected chi connectivity index (χ4v) is 4.52. The van der Waals surface area contributed by atoms with Crippen LogP contribution in [0.1, 0.15) is 10.6 Å². The zero-order chi connectivity index (χ0) is 18.6. The van der Waals surface area contributed by atoms with Gasteiger partial charge in [0.15, 0.2) is 5.01 Å². The number of aromatic nitrogens is 2. The standard InChI is InChI=1S/C16H13Cl2N3O3S2/c17-12-5-7-13(8-6-12)24-9-15-19-20-16(25-15)21-26(22,23)10-11-3-1-2-4-14(11)18/h1-8H,9-10H2,(H,20,21). The van der Waals surface area contributed by atoms with Crippen molar-refractivity contribution in [2.45, 2.75) is 12.4 Å². The fraction of sp³-hybridized carbons (Fsp3) is 0.125. The van der Waals surface area contributed by atoms with Gasteiger partial charge >= 0.3 is 0 Å². The number of nitrogens with zero attached hydrogens (tertiary/aromatic N) is 2. The summed E-state index contributed by atoms with van der Waals surface area (Å²) in [4.78, 5) is 0. The van der Waals surface area contributed by atoms with Gasteiger partial charge in [0.25, 0.3) is 0 Å². The van der Waals surface area contributed by atoms with E-state index in [1.165, 1.54) is 0 Å². The van der Waals surface area contributed by atoms with Crippen molar-refractivity contribution < 1.29 is 13.2 Å². The van der Waals surface area contributed by atoms with Gasteiger partial charge in [0.05, 0.1) is 5.75 Å². The predicted molar refractivity (Wildman–Crippen MR) is 103 cm³/mol. The van der Waals surface area contributed by atoms with Crippen molar-refractivity contribution in [1.29, 1.82) is 0 Å². The van der Waals surface area contributed by atoms with Gasteiger partial charge in [0, 0.05) is 10.0 Å². The van der Waals surface area contributed by atoms with Gasteiger partial charge in [-0.2, -0.15) is 0 Å². The maximum absolute atomic E-state index is 12.3. The van der Waals surface area contributed by atoms with Crippen LogP contribution in [0.2, 0.25) is 10.0 Å². The van der Waals surface area contributed by atoms with Crippen LogP contribution in [0.25, 0.3) is 0 Å². The first-order valence-electron chi connectivity index (χ1n) is 7.36. The van der Waals surface area contributed by atoms with E-state index in [1.807, 2.05) is 0 Å². The molecule has 2 aromatic carbocycles. The van der Waals surface area contributed by atoms with Crippen LogP contribution in [-0.4, -0.2) is 18.6 Å². The number of halogens is 2. The molecular formula is C16H13Cl2N3O3S2. The second-order valence-electron chi connectivity index (χ2n) is 5.20. The van der Waals surface area contributed by atoms with E-state index in [4.69, 9.17) is 27.9 Å². The third-order valence-corrected chi connectivity index (χ3v) is 5.95. The molecule has 0 atom stereocenters. The average molecular weight is 430 g/mol.